The van der Waals surface area contributed by atoms with E-state index in [1.54, 1.807) is 20.8 Å². The van der Waals surface area contributed by atoms with Crippen LogP contribution in [0.25, 0.3) is 0 Å². The van der Waals surface area contributed by atoms with Crippen LogP contribution < -0.4 is 5.32 Å². The smallest absolute Gasteiger partial charge is 0.408 e. The number of ether oxygens (including phenoxy) is 2. The van der Waals surface area contributed by atoms with Crippen molar-refractivity contribution < 1.29 is 19.1 Å². The summed E-state index contributed by atoms with van der Waals surface area (Å²) in [5, 5.41) is 2.62. The van der Waals surface area contributed by atoms with Gasteiger partial charge in [-0.25, -0.2) is 9.59 Å². The number of hydrogen-bond acceptors (Lipinski definition) is 4. The van der Waals surface area contributed by atoms with Crippen LogP contribution in [0.2, 0.25) is 0 Å². The number of alkyl carbamates (subject to hydrolysis) is 1. The third-order valence-corrected chi connectivity index (χ3v) is 3.63. The maximum absolute atomic E-state index is 11.9. The number of esters is 1. The Hall–Kier alpha value is -1.26. The SMILES string of the molecule is CC(C)(C)OC(=O)N[C@H]1CC2(CCCCC2)OC1=O. The van der Waals surface area contributed by atoms with Crippen LogP contribution in [0.3, 0.4) is 0 Å². The van der Waals surface area contributed by atoms with Crippen LogP contribution in [0.1, 0.15) is 59.3 Å². The van der Waals surface area contributed by atoms with Gasteiger partial charge < -0.3 is 14.8 Å². The number of amides is 1. The lowest BCUT2D eigenvalue weighted by Gasteiger charge is -2.31. The molecule has 1 N–H and O–H groups in total. The normalized spacial score (nSPS) is 26.1. The maximum atomic E-state index is 11.9. The molecule has 1 saturated heterocycles. The molecule has 1 aliphatic heterocycles. The van der Waals surface area contributed by atoms with Crippen LogP contribution in [-0.4, -0.2) is 29.3 Å². The third kappa shape index (κ3) is 3.61. The molecular formula is C14H23NO4. The molecule has 2 aliphatic rings. The van der Waals surface area contributed by atoms with Crippen LogP contribution in [0.15, 0.2) is 0 Å². The van der Waals surface area contributed by atoms with Crippen LogP contribution >= 0.6 is 0 Å². The predicted molar refractivity (Wildman–Crippen MR) is 69.7 cm³/mol. The van der Waals surface area contributed by atoms with Gasteiger partial charge >= 0.3 is 12.1 Å². The molecule has 1 saturated carbocycles. The van der Waals surface area contributed by atoms with Gasteiger partial charge in [-0.2, -0.15) is 0 Å². The second-order valence-electron chi connectivity index (χ2n) is 6.57. The van der Waals surface area contributed by atoms with Gasteiger partial charge in [-0.15, -0.1) is 0 Å². The molecule has 1 spiro atoms. The van der Waals surface area contributed by atoms with Crippen LogP contribution in [0.4, 0.5) is 4.79 Å². The summed E-state index contributed by atoms with van der Waals surface area (Å²) in [6, 6.07) is -0.562. The van der Waals surface area contributed by atoms with E-state index >= 15 is 0 Å². The maximum Gasteiger partial charge on any atom is 0.408 e. The van der Waals surface area contributed by atoms with E-state index in [4.69, 9.17) is 9.47 Å². The summed E-state index contributed by atoms with van der Waals surface area (Å²) in [6.45, 7) is 5.38. The molecule has 0 unspecified atom stereocenters. The first-order chi connectivity index (χ1) is 8.80. The summed E-state index contributed by atoms with van der Waals surface area (Å²) >= 11 is 0. The lowest BCUT2D eigenvalue weighted by Crippen LogP contribution is -2.41. The van der Waals surface area contributed by atoms with Gasteiger partial charge in [0.1, 0.15) is 17.2 Å². The van der Waals surface area contributed by atoms with Gasteiger partial charge in [-0.05, 0) is 46.5 Å². The Bertz CT molecular complexity index is 366. The van der Waals surface area contributed by atoms with Crippen LogP contribution in [0.5, 0.6) is 0 Å². The third-order valence-electron chi connectivity index (χ3n) is 3.63. The monoisotopic (exact) mass is 269 g/mol. The Morgan fingerprint density at radius 3 is 2.53 bits per heavy atom. The van der Waals surface area contributed by atoms with Crippen molar-refractivity contribution in [2.24, 2.45) is 0 Å². The van der Waals surface area contributed by atoms with Gasteiger partial charge in [0.05, 0.1) is 0 Å². The van der Waals surface area contributed by atoms with Gasteiger partial charge in [-0.1, -0.05) is 6.42 Å². The molecule has 2 fully saturated rings. The molecule has 5 heteroatoms. The highest BCUT2D eigenvalue weighted by atomic mass is 16.6. The van der Waals surface area contributed by atoms with Gasteiger partial charge in [0.15, 0.2) is 0 Å². The fourth-order valence-electron chi connectivity index (χ4n) is 2.84. The lowest BCUT2D eigenvalue weighted by molar-refractivity contribution is -0.151. The first kappa shape index (κ1) is 14.2. The molecule has 0 aromatic carbocycles. The van der Waals surface area contributed by atoms with Crippen LogP contribution in [0, 0.1) is 0 Å². The molecule has 1 atom stereocenters. The Morgan fingerprint density at radius 2 is 1.95 bits per heavy atom. The van der Waals surface area contributed by atoms with Gasteiger partial charge in [0, 0.05) is 6.42 Å². The quantitative estimate of drug-likeness (QED) is 0.743. The first-order valence-corrected chi connectivity index (χ1v) is 7.02. The molecule has 0 radical (unpaired) electrons. The number of carbonyl (C=O) groups excluding carboxylic acids is 2. The molecule has 1 amide bonds. The van der Waals surface area contributed by atoms with E-state index in [1.165, 1.54) is 6.42 Å². The van der Waals surface area contributed by atoms with Crippen molar-refractivity contribution in [1.29, 1.82) is 0 Å². The molecule has 1 heterocycles. The largest absolute Gasteiger partial charge is 0.457 e. The molecular weight excluding hydrogens is 246 g/mol. The minimum Gasteiger partial charge on any atom is -0.457 e. The molecule has 0 aromatic heterocycles. The fraction of sp³-hybridized carbons (Fsp3) is 0.857. The summed E-state index contributed by atoms with van der Waals surface area (Å²) in [7, 11) is 0. The van der Waals surface area contributed by atoms with Gasteiger partial charge in [0.2, 0.25) is 0 Å². The Kier molecular flexibility index (Phi) is 3.74. The number of carbonyl (C=O) groups is 2. The van der Waals surface area contributed by atoms with Crippen LogP contribution in [-0.2, 0) is 14.3 Å². The number of nitrogens with one attached hydrogen (secondary N) is 1. The molecule has 19 heavy (non-hydrogen) atoms. The molecule has 5 nitrogen and oxygen atoms in total. The zero-order valence-corrected chi connectivity index (χ0v) is 12.0. The number of rotatable bonds is 1. The van der Waals surface area contributed by atoms with Crippen molar-refractivity contribution in [3.05, 3.63) is 0 Å². The van der Waals surface area contributed by atoms with E-state index in [0.717, 1.165) is 25.7 Å². The van der Waals surface area contributed by atoms with E-state index < -0.39 is 17.7 Å². The van der Waals surface area contributed by atoms with E-state index in [9.17, 15) is 9.59 Å². The lowest BCUT2D eigenvalue weighted by atomic mass is 9.82. The van der Waals surface area contributed by atoms with E-state index in [0.29, 0.717) is 6.42 Å². The summed E-state index contributed by atoms with van der Waals surface area (Å²) in [6.07, 6.45) is 5.21. The fourth-order valence-corrected chi connectivity index (χ4v) is 2.84. The second kappa shape index (κ2) is 5.02. The summed E-state index contributed by atoms with van der Waals surface area (Å²) < 4.78 is 10.7. The Labute approximate surface area is 114 Å². The molecule has 108 valence electrons. The van der Waals surface area contributed by atoms with Crippen molar-refractivity contribution in [1.82, 2.24) is 5.32 Å². The Morgan fingerprint density at radius 1 is 1.32 bits per heavy atom. The van der Waals surface area contributed by atoms with Crippen molar-refractivity contribution in [3.63, 3.8) is 0 Å². The summed E-state index contributed by atoms with van der Waals surface area (Å²) in [4.78, 5) is 23.5. The van der Waals surface area contributed by atoms with E-state index in [-0.39, 0.29) is 11.6 Å². The van der Waals surface area contributed by atoms with Crippen molar-refractivity contribution in [2.75, 3.05) is 0 Å². The summed E-state index contributed by atoms with van der Waals surface area (Å²) in [5.74, 6) is -0.326. The van der Waals surface area contributed by atoms with Crippen molar-refractivity contribution in [2.45, 2.75) is 76.5 Å². The zero-order valence-electron chi connectivity index (χ0n) is 12.0. The van der Waals surface area contributed by atoms with Crippen molar-refractivity contribution >= 4 is 12.1 Å². The minimum atomic E-state index is -0.562. The second-order valence-corrected chi connectivity index (χ2v) is 6.57. The number of hydrogen-bond donors (Lipinski definition) is 1. The zero-order chi connectivity index (χ0) is 14.1. The molecule has 2 rings (SSSR count). The van der Waals surface area contributed by atoms with Crippen molar-refractivity contribution in [3.8, 4) is 0 Å². The average Bonchev–Trinajstić information content (AvgIpc) is 2.53. The average molecular weight is 269 g/mol. The van der Waals surface area contributed by atoms with E-state index in [2.05, 4.69) is 5.32 Å². The Balaban J connectivity index is 1.91. The molecule has 0 bridgehead atoms. The molecule has 1 aliphatic carbocycles. The summed E-state index contributed by atoms with van der Waals surface area (Å²) in [5.41, 5.74) is -0.899. The predicted octanol–water partition coefficient (Wildman–Crippen LogP) is 2.53. The standard InChI is InChI=1S/C14H23NO4/c1-13(2,3)19-12(17)15-10-9-14(18-11(10)16)7-5-4-6-8-14/h10H,4-9H2,1-3H3,(H,15,17)/t10-/m0/s1. The highest BCUT2D eigenvalue weighted by Crippen LogP contribution is 2.39. The molecule has 0 aromatic rings. The first-order valence-electron chi connectivity index (χ1n) is 7.02. The van der Waals surface area contributed by atoms with Gasteiger partial charge in [0.25, 0.3) is 0 Å². The van der Waals surface area contributed by atoms with Gasteiger partial charge in [-0.3, -0.25) is 0 Å². The van der Waals surface area contributed by atoms with E-state index in [1.807, 2.05) is 0 Å². The minimum absolute atomic E-state index is 0.326. The highest BCUT2D eigenvalue weighted by molar-refractivity contribution is 5.83. The highest BCUT2D eigenvalue weighted by Gasteiger charge is 2.47. The topological polar surface area (TPSA) is 64.6 Å².